The van der Waals surface area contributed by atoms with Crippen molar-refractivity contribution in [2.24, 2.45) is 0 Å². The summed E-state index contributed by atoms with van der Waals surface area (Å²) in [6.45, 7) is -0.825. The molecule has 2 aromatic carbocycles. The molecule has 3 atom stereocenters. The summed E-state index contributed by atoms with van der Waals surface area (Å²) in [7, 11) is 2.84. The lowest BCUT2D eigenvalue weighted by molar-refractivity contribution is -0.000533. The number of methoxy groups -OCH3 is 2. The molecule has 0 aromatic heterocycles. The zero-order valence-electron chi connectivity index (χ0n) is 15.8. The van der Waals surface area contributed by atoms with E-state index in [4.69, 9.17) is 19.3 Å². The van der Waals surface area contributed by atoms with E-state index < -0.39 is 24.9 Å². The van der Waals surface area contributed by atoms with Gasteiger partial charge in [0, 0.05) is 6.42 Å². The number of phenols is 1. The number of hydrogen-bond acceptors (Lipinski definition) is 8. The molecule has 0 aliphatic rings. The molecule has 154 valence electrons. The first kappa shape index (κ1) is 21.8. The Balaban J connectivity index is 2.21. The third kappa shape index (κ3) is 5.26. The first-order valence-corrected chi connectivity index (χ1v) is 8.71. The van der Waals surface area contributed by atoms with E-state index >= 15 is 0 Å². The minimum atomic E-state index is -1.19. The fourth-order valence-electron chi connectivity index (χ4n) is 2.73. The standard InChI is InChI=1S/C20H26O8/c1-26-17-9-13(4-5-15(17)24)20(25)19(11-22)28-16-6-3-12(7-14(23)10-21)8-18(16)27-2/h3-6,8-9,14,19-25H,7,10-11H2,1-2H3/t14-,19+,20+/m0/s1. The van der Waals surface area contributed by atoms with Crippen molar-refractivity contribution in [3.8, 4) is 23.0 Å². The number of phenolic OH excluding ortho intramolecular Hbond substituents is 1. The van der Waals surface area contributed by atoms with Crippen LogP contribution in [0.2, 0.25) is 0 Å². The molecule has 0 amide bonds. The second-order valence-corrected chi connectivity index (χ2v) is 6.24. The van der Waals surface area contributed by atoms with Gasteiger partial charge in [0.2, 0.25) is 0 Å². The predicted molar refractivity (Wildman–Crippen MR) is 101 cm³/mol. The van der Waals surface area contributed by atoms with Gasteiger partial charge in [-0.1, -0.05) is 12.1 Å². The minimum Gasteiger partial charge on any atom is -0.504 e. The van der Waals surface area contributed by atoms with Crippen LogP contribution < -0.4 is 14.2 Å². The second-order valence-electron chi connectivity index (χ2n) is 6.24. The second kappa shape index (κ2) is 10.1. The van der Waals surface area contributed by atoms with Gasteiger partial charge in [0.1, 0.15) is 6.10 Å². The van der Waals surface area contributed by atoms with Crippen LogP contribution in [-0.4, -0.2) is 65.2 Å². The molecule has 8 nitrogen and oxygen atoms in total. The van der Waals surface area contributed by atoms with Gasteiger partial charge in [-0.05, 0) is 35.4 Å². The average Bonchev–Trinajstić information content (AvgIpc) is 2.72. The molecular weight excluding hydrogens is 368 g/mol. The van der Waals surface area contributed by atoms with Crippen LogP contribution >= 0.6 is 0 Å². The highest BCUT2D eigenvalue weighted by Crippen LogP contribution is 2.34. The number of aliphatic hydroxyl groups excluding tert-OH is 4. The first-order chi connectivity index (χ1) is 13.4. The Morgan fingerprint density at radius 2 is 1.57 bits per heavy atom. The minimum absolute atomic E-state index is 0.0674. The summed E-state index contributed by atoms with van der Waals surface area (Å²) in [5.41, 5.74) is 1.13. The highest BCUT2D eigenvalue weighted by molar-refractivity contribution is 5.44. The molecule has 2 rings (SSSR count). The molecule has 0 aliphatic heterocycles. The van der Waals surface area contributed by atoms with E-state index in [1.807, 2.05) is 0 Å². The Morgan fingerprint density at radius 1 is 0.857 bits per heavy atom. The highest BCUT2D eigenvalue weighted by Gasteiger charge is 2.24. The molecule has 0 radical (unpaired) electrons. The van der Waals surface area contributed by atoms with Crippen LogP contribution in [0, 0.1) is 0 Å². The SMILES string of the molecule is COc1cc([C@@H](O)[C@@H](CO)Oc2ccc(C[C@H](O)CO)cc2OC)ccc1O. The van der Waals surface area contributed by atoms with Gasteiger partial charge in [0.05, 0.1) is 33.5 Å². The Labute approximate surface area is 163 Å². The average molecular weight is 394 g/mol. The van der Waals surface area contributed by atoms with Crippen molar-refractivity contribution >= 4 is 0 Å². The maximum atomic E-state index is 10.6. The molecule has 8 heteroatoms. The monoisotopic (exact) mass is 394 g/mol. The van der Waals surface area contributed by atoms with E-state index in [1.54, 1.807) is 18.2 Å². The smallest absolute Gasteiger partial charge is 0.161 e. The van der Waals surface area contributed by atoms with Crippen molar-refractivity contribution in [1.82, 2.24) is 0 Å². The molecule has 0 saturated heterocycles. The maximum absolute atomic E-state index is 10.6. The van der Waals surface area contributed by atoms with Crippen LogP contribution in [0.4, 0.5) is 0 Å². The van der Waals surface area contributed by atoms with Crippen molar-refractivity contribution < 1.29 is 39.7 Å². The Kier molecular flexibility index (Phi) is 7.89. The summed E-state index contributed by atoms with van der Waals surface area (Å²) in [5, 5.41) is 48.5. The van der Waals surface area contributed by atoms with E-state index in [-0.39, 0.29) is 24.5 Å². The lowest BCUT2D eigenvalue weighted by atomic mass is 10.0. The molecule has 0 aliphatic carbocycles. The Bertz CT molecular complexity index is 764. The van der Waals surface area contributed by atoms with Gasteiger partial charge in [-0.2, -0.15) is 0 Å². The van der Waals surface area contributed by atoms with Crippen molar-refractivity contribution in [3.05, 3.63) is 47.5 Å². The van der Waals surface area contributed by atoms with Crippen LogP contribution in [-0.2, 0) is 6.42 Å². The summed E-state index contributed by atoms with van der Waals surface area (Å²) in [4.78, 5) is 0. The van der Waals surface area contributed by atoms with Crippen LogP contribution in [0.1, 0.15) is 17.2 Å². The summed E-state index contributed by atoms with van der Waals surface area (Å²) in [5.74, 6) is 0.782. The number of rotatable bonds is 10. The number of hydrogen-bond donors (Lipinski definition) is 5. The van der Waals surface area contributed by atoms with Gasteiger partial charge in [0.25, 0.3) is 0 Å². The molecule has 0 bridgehead atoms. The van der Waals surface area contributed by atoms with Crippen LogP contribution in [0.5, 0.6) is 23.0 Å². The van der Waals surface area contributed by atoms with E-state index in [0.717, 1.165) is 5.56 Å². The quantitative estimate of drug-likeness (QED) is 0.400. The number of aromatic hydroxyl groups is 1. The first-order valence-electron chi connectivity index (χ1n) is 8.71. The Hall–Kier alpha value is -2.52. The molecule has 0 heterocycles. The van der Waals surface area contributed by atoms with Crippen molar-refractivity contribution in [2.45, 2.75) is 24.7 Å². The number of aliphatic hydroxyl groups is 4. The van der Waals surface area contributed by atoms with Crippen LogP contribution in [0.3, 0.4) is 0 Å². The summed E-state index contributed by atoms with van der Waals surface area (Å²) >= 11 is 0. The molecule has 5 N–H and O–H groups in total. The molecule has 2 aromatic rings. The molecule has 28 heavy (non-hydrogen) atoms. The fraction of sp³-hybridized carbons (Fsp3) is 0.400. The summed E-state index contributed by atoms with van der Waals surface area (Å²) < 4.78 is 16.1. The molecule has 0 unspecified atom stereocenters. The fourth-order valence-corrected chi connectivity index (χ4v) is 2.73. The maximum Gasteiger partial charge on any atom is 0.161 e. The third-order valence-corrected chi connectivity index (χ3v) is 4.27. The zero-order chi connectivity index (χ0) is 20.7. The van der Waals surface area contributed by atoms with Crippen LogP contribution in [0.25, 0.3) is 0 Å². The van der Waals surface area contributed by atoms with Crippen molar-refractivity contribution in [1.29, 1.82) is 0 Å². The molecule has 0 spiro atoms. The third-order valence-electron chi connectivity index (χ3n) is 4.27. The van der Waals surface area contributed by atoms with E-state index in [0.29, 0.717) is 17.1 Å². The molecule has 0 saturated carbocycles. The largest absolute Gasteiger partial charge is 0.504 e. The zero-order valence-corrected chi connectivity index (χ0v) is 15.8. The van der Waals surface area contributed by atoms with Gasteiger partial charge in [-0.3, -0.25) is 0 Å². The van der Waals surface area contributed by atoms with Gasteiger partial charge in [-0.25, -0.2) is 0 Å². The summed E-state index contributed by atoms with van der Waals surface area (Å²) in [6, 6.07) is 9.30. The van der Waals surface area contributed by atoms with Gasteiger partial charge >= 0.3 is 0 Å². The van der Waals surface area contributed by atoms with E-state index in [2.05, 4.69) is 0 Å². The normalized spacial score (nSPS) is 14.2. The van der Waals surface area contributed by atoms with Gasteiger partial charge < -0.3 is 39.7 Å². The molecular formula is C20H26O8. The Morgan fingerprint density at radius 3 is 2.18 bits per heavy atom. The van der Waals surface area contributed by atoms with Gasteiger partial charge in [0.15, 0.2) is 29.1 Å². The lowest BCUT2D eigenvalue weighted by Crippen LogP contribution is -2.29. The topological polar surface area (TPSA) is 129 Å². The van der Waals surface area contributed by atoms with E-state index in [1.165, 1.54) is 32.4 Å². The number of benzene rings is 2. The highest BCUT2D eigenvalue weighted by atomic mass is 16.5. The lowest BCUT2D eigenvalue weighted by Gasteiger charge is -2.24. The molecule has 0 fully saturated rings. The van der Waals surface area contributed by atoms with Crippen molar-refractivity contribution in [3.63, 3.8) is 0 Å². The summed E-state index contributed by atoms with van der Waals surface area (Å²) in [6.07, 6.45) is -2.84. The predicted octanol–water partition coefficient (Wildman–Crippen LogP) is 0.778. The van der Waals surface area contributed by atoms with Gasteiger partial charge in [-0.15, -0.1) is 0 Å². The van der Waals surface area contributed by atoms with E-state index in [9.17, 15) is 20.4 Å². The van der Waals surface area contributed by atoms with Crippen molar-refractivity contribution in [2.75, 3.05) is 27.4 Å². The van der Waals surface area contributed by atoms with Crippen LogP contribution in [0.15, 0.2) is 36.4 Å². The number of ether oxygens (including phenoxy) is 3.